The molecule has 0 radical (unpaired) electrons. The van der Waals surface area contributed by atoms with E-state index in [1.807, 2.05) is 0 Å². The Balaban J connectivity index is 4.34. The third kappa shape index (κ3) is 16.3. The summed E-state index contributed by atoms with van der Waals surface area (Å²) < 4.78 is 69.6. The maximum absolute atomic E-state index is 13.4. The SMILES string of the molecule is CCCCCCCCCCCCCCCCCOC(=O)C(NC(=O)C(NC(=O)C(F)(F)C(F)(F)F)C(C)C)C(C)C. The fraction of sp³-hybridized carbons (Fsp3) is 0.900. The Kier molecular flexibility index (Phi) is 19.9. The number of alkyl halides is 5. The van der Waals surface area contributed by atoms with Crippen LogP contribution in [0, 0.1) is 11.8 Å². The van der Waals surface area contributed by atoms with Gasteiger partial charge in [-0.05, 0) is 18.3 Å². The van der Waals surface area contributed by atoms with Crippen molar-refractivity contribution < 1.29 is 41.1 Å². The molecular formula is C30H53F5N2O4. The molecule has 0 saturated heterocycles. The molecule has 242 valence electrons. The predicted octanol–water partition coefficient (Wildman–Crippen LogP) is 7.88. The minimum atomic E-state index is -6.10. The van der Waals surface area contributed by atoms with Crippen LogP contribution in [-0.2, 0) is 19.1 Å². The van der Waals surface area contributed by atoms with Crippen molar-refractivity contribution in [2.45, 2.75) is 155 Å². The number of carbonyl (C=O) groups excluding carboxylic acids is 3. The van der Waals surface area contributed by atoms with Crippen LogP contribution < -0.4 is 10.6 Å². The van der Waals surface area contributed by atoms with Gasteiger partial charge in [0.05, 0.1) is 6.61 Å². The molecule has 0 aliphatic heterocycles. The highest BCUT2D eigenvalue weighted by atomic mass is 19.4. The van der Waals surface area contributed by atoms with Gasteiger partial charge in [-0.25, -0.2) is 4.79 Å². The number of amides is 2. The Morgan fingerprint density at radius 1 is 0.610 bits per heavy atom. The third-order valence-corrected chi connectivity index (χ3v) is 7.09. The molecular weight excluding hydrogens is 547 g/mol. The first kappa shape index (κ1) is 39.1. The molecule has 0 fully saturated rings. The zero-order valence-corrected chi connectivity index (χ0v) is 25.6. The molecule has 0 bridgehead atoms. The molecule has 0 aromatic carbocycles. The van der Waals surface area contributed by atoms with Gasteiger partial charge in [0.2, 0.25) is 5.91 Å². The predicted molar refractivity (Wildman–Crippen MR) is 150 cm³/mol. The minimum absolute atomic E-state index is 0.151. The maximum Gasteiger partial charge on any atom is 0.463 e. The summed E-state index contributed by atoms with van der Waals surface area (Å²) in [5, 5.41) is 3.82. The van der Waals surface area contributed by atoms with Crippen LogP contribution in [0.3, 0.4) is 0 Å². The summed E-state index contributed by atoms with van der Waals surface area (Å²) >= 11 is 0. The monoisotopic (exact) mass is 600 g/mol. The molecule has 0 spiro atoms. The minimum Gasteiger partial charge on any atom is -0.464 e. The maximum atomic E-state index is 13.4. The van der Waals surface area contributed by atoms with Gasteiger partial charge >= 0.3 is 24.0 Å². The number of carbonyl (C=O) groups is 3. The molecule has 0 aromatic heterocycles. The van der Waals surface area contributed by atoms with E-state index in [9.17, 15) is 36.3 Å². The second kappa shape index (κ2) is 20.9. The van der Waals surface area contributed by atoms with Gasteiger partial charge in [-0.3, -0.25) is 9.59 Å². The Morgan fingerprint density at radius 2 is 1.00 bits per heavy atom. The lowest BCUT2D eigenvalue weighted by atomic mass is 10.00. The molecule has 0 aliphatic carbocycles. The molecule has 2 atom stereocenters. The fourth-order valence-corrected chi connectivity index (χ4v) is 4.37. The summed E-state index contributed by atoms with van der Waals surface area (Å²) in [6, 6.07) is -2.86. The van der Waals surface area contributed by atoms with Gasteiger partial charge in [-0.1, -0.05) is 125 Å². The van der Waals surface area contributed by atoms with Crippen LogP contribution >= 0.6 is 0 Å². The summed E-state index contributed by atoms with van der Waals surface area (Å²) in [6.07, 6.45) is 11.9. The van der Waals surface area contributed by atoms with Crippen LogP contribution in [0.1, 0.15) is 131 Å². The molecule has 0 aromatic rings. The van der Waals surface area contributed by atoms with Crippen LogP contribution in [0.15, 0.2) is 0 Å². The highest BCUT2D eigenvalue weighted by Gasteiger charge is 2.63. The van der Waals surface area contributed by atoms with Crippen LogP contribution in [-0.4, -0.2) is 48.6 Å². The van der Waals surface area contributed by atoms with Gasteiger partial charge in [0.25, 0.3) is 0 Å². The molecule has 2 unspecified atom stereocenters. The lowest BCUT2D eigenvalue weighted by molar-refractivity contribution is -0.270. The molecule has 11 heteroatoms. The Hall–Kier alpha value is -1.94. The van der Waals surface area contributed by atoms with Crippen LogP contribution in [0.5, 0.6) is 0 Å². The summed E-state index contributed by atoms with van der Waals surface area (Å²) in [7, 11) is 0. The van der Waals surface area contributed by atoms with E-state index < -0.39 is 53.8 Å². The van der Waals surface area contributed by atoms with Gasteiger partial charge in [0, 0.05) is 0 Å². The lowest BCUT2D eigenvalue weighted by Gasteiger charge is -2.28. The van der Waals surface area contributed by atoms with E-state index in [1.165, 1.54) is 89.8 Å². The number of nitrogens with one attached hydrogen (secondary N) is 2. The summed E-state index contributed by atoms with van der Waals surface area (Å²) in [5.74, 6) is -11.3. The standard InChI is InChI=1S/C30H53F5N2O4/c1-6-7-8-9-10-11-12-13-14-15-16-17-18-19-20-21-41-27(39)25(23(4)5)36-26(38)24(22(2)3)37-28(40)29(31,32)30(33,34)35/h22-25H,6-21H2,1-5H3,(H,36,38)(H,37,40). The second-order valence-electron chi connectivity index (χ2n) is 11.6. The van der Waals surface area contributed by atoms with E-state index in [-0.39, 0.29) is 6.61 Å². The molecule has 6 nitrogen and oxygen atoms in total. The Bertz CT molecular complexity index is 745. The van der Waals surface area contributed by atoms with Crippen molar-refractivity contribution in [1.29, 1.82) is 0 Å². The smallest absolute Gasteiger partial charge is 0.463 e. The van der Waals surface area contributed by atoms with Crippen molar-refractivity contribution in [3.8, 4) is 0 Å². The van der Waals surface area contributed by atoms with E-state index in [4.69, 9.17) is 4.74 Å². The largest absolute Gasteiger partial charge is 0.464 e. The first-order valence-electron chi connectivity index (χ1n) is 15.4. The molecule has 2 N–H and O–H groups in total. The van der Waals surface area contributed by atoms with E-state index >= 15 is 0 Å². The van der Waals surface area contributed by atoms with E-state index in [1.54, 1.807) is 13.8 Å². The van der Waals surface area contributed by atoms with Gasteiger partial charge in [-0.15, -0.1) is 0 Å². The number of rotatable bonds is 23. The summed E-state index contributed by atoms with van der Waals surface area (Å²) in [6.45, 7) is 8.37. The average molecular weight is 601 g/mol. The number of halogens is 5. The van der Waals surface area contributed by atoms with Crippen molar-refractivity contribution in [3.63, 3.8) is 0 Å². The van der Waals surface area contributed by atoms with Gasteiger partial charge in [-0.2, -0.15) is 22.0 Å². The highest BCUT2D eigenvalue weighted by molar-refractivity contribution is 5.93. The first-order valence-corrected chi connectivity index (χ1v) is 15.4. The van der Waals surface area contributed by atoms with Crippen molar-refractivity contribution in [2.75, 3.05) is 6.61 Å². The number of esters is 1. The summed E-state index contributed by atoms with van der Waals surface area (Å²) in [5.41, 5.74) is 0. The van der Waals surface area contributed by atoms with E-state index in [2.05, 4.69) is 12.2 Å². The molecule has 0 saturated carbocycles. The number of hydrogen-bond acceptors (Lipinski definition) is 4. The Morgan fingerprint density at radius 3 is 1.37 bits per heavy atom. The third-order valence-electron chi connectivity index (χ3n) is 7.09. The molecule has 0 heterocycles. The first-order chi connectivity index (χ1) is 19.2. The van der Waals surface area contributed by atoms with E-state index in [0.717, 1.165) is 19.3 Å². The summed E-state index contributed by atoms with van der Waals surface area (Å²) in [4.78, 5) is 36.9. The van der Waals surface area contributed by atoms with Crippen LogP contribution in [0.4, 0.5) is 22.0 Å². The molecule has 2 amide bonds. The fourth-order valence-electron chi connectivity index (χ4n) is 4.37. The quantitative estimate of drug-likeness (QED) is 0.0710. The molecule has 41 heavy (non-hydrogen) atoms. The van der Waals surface area contributed by atoms with Gasteiger partial charge in [0.15, 0.2) is 0 Å². The molecule has 0 aliphatic rings. The second-order valence-corrected chi connectivity index (χ2v) is 11.6. The van der Waals surface area contributed by atoms with Gasteiger partial charge in [0.1, 0.15) is 12.1 Å². The van der Waals surface area contributed by atoms with Gasteiger partial charge < -0.3 is 15.4 Å². The van der Waals surface area contributed by atoms with Crippen molar-refractivity contribution in [1.82, 2.24) is 10.6 Å². The average Bonchev–Trinajstić information content (AvgIpc) is 2.88. The topological polar surface area (TPSA) is 84.5 Å². The number of unbranched alkanes of at least 4 members (excludes halogenated alkanes) is 14. The van der Waals surface area contributed by atoms with Crippen molar-refractivity contribution in [3.05, 3.63) is 0 Å². The van der Waals surface area contributed by atoms with Crippen molar-refractivity contribution >= 4 is 17.8 Å². The number of ether oxygens (including phenoxy) is 1. The number of hydrogen-bond donors (Lipinski definition) is 2. The molecule has 0 rings (SSSR count). The van der Waals surface area contributed by atoms with Crippen LogP contribution in [0.2, 0.25) is 0 Å². The highest BCUT2D eigenvalue weighted by Crippen LogP contribution is 2.35. The van der Waals surface area contributed by atoms with Crippen LogP contribution in [0.25, 0.3) is 0 Å². The van der Waals surface area contributed by atoms with E-state index in [0.29, 0.717) is 6.42 Å². The zero-order chi connectivity index (χ0) is 31.5. The lowest BCUT2D eigenvalue weighted by Crippen LogP contribution is -2.59. The Labute approximate surface area is 243 Å². The van der Waals surface area contributed by atoms with Crippen molar-refractivity contribution in [2.24, 2.45) is 11.8 Å². The zero-order valence-electron chi connectivity index (χ0n) is 25.6. The normalized spacial score (nSPS) is 13.8.